The first-order valence-corrected chi connectivity index (χ1v) is 6.03. The number of halogens is 2. The molecule has 1 aromatic rings. The zero-order valence-electron chi connectivity index (χ0n) is 11.3. The van der Waals surface area contributed by atoms with E-state index in [9.17, 15) is 14.3 Å². The zero-order valence-corrected chi connectivity index (χ0v) is 12.1. The van der Waals surface area contributed by atoms with E-state index in [2.05, 4.69) is 10.6 Å². The van der Waals surface area contributed by atoms with Gasteiger partial charge in [-0.05, 0) is 17.7 Å². The van der Waals surface area contributed by atoms with Gasteiger partial charge in [-0.2, -0.15) is 0 Å². The molecule has 0 aromatic heterocycles. The van der Waals surface area contributed by atoms with Crippen LogP contribution >= 0.6 is 12.4 Å². The fourth-order valence-electron chi connectivity index (χ4n) is 1.45. The van der Waals surface area contributed by atoms with Crippen molar-refractivity contribution in [2.45, 2.75) is 6.10 Å². The lowest BCUT2D eigenvalue weighted by atomic mass is 10.1. The summed E-state index contributed by atoms with van der Waals surface area (Å²) in [6.45, 7) is 1.38. The molecule has 0 spiro atoms. The highest BCUT2D eigenvalue weighted by Gasteiger charge is 2.09. The number of methoxy groups -OCH3 is 1. The lowest BCUT2D eigenvalue weighted by Crippen LogP contribution is -2.37. The van der Waals surface area contributed by atoms with Crippen LogP contribution in [0.5, 0.6) is 0 Å². The summed E-state index contributed by atoms with van der Waals surface area (Å²) in [5.41, 5.74) is 0.564. The van der Waals surface area contributed by atoms with E-state index < -0.39 is 6.10 Å². The first-order valence-electron chi connectivity index (χ1n) is 6.03. The second-order valence-electron chi connectivity index (χ2n) is 4.04. The van der Waals surface area contributed by atoms with Crippen LogP contribution in [0.1, 0.15) is 11.7 Å². The van der Waals surface area contributed by atoms with E-state index in [0.29, 0.717) is 18.7 Å². The van der Waals surface area contributed by atoms with Crippen LogP contribution in [0.25, 0.3) is 0 Å². The van der Waals surface area contributed by atoms with Crippen molar-refractivity contribution in [2.24, 2.45) is 0 Å². The van der Waals surface area contributed by atoms with Gasteiger partial charge in [0.2, 0.25) is 5.91 Å². The number of ether oxygens (including phenoxy) is 1. The largest absolute Gasteiger partial charge is 0.387 e. The standard InChI is InChI=1S/C13H19FN2O3.ClH/c1-19-7-6-15-9-13(18)16-8-12(17)10-2-4-11(14)5-3-10;/h2-5,12,15,17H,6-9H2,1H3,(H,16,18);1H. The highest BCUT2D eigenvalue weighted by Crippen LogP contribution is 2.12. The summed E-state index contributed by atoms with van der Waals surface area (Å²) in [5.74, 6) is -0.570. The molecule has 0 radical (unpaired) electrons. The molecule has 7 heteroatoms. The summed E-state index contributed by atoms with van der Waals surface area (Å²) in [6, 6.07) is 5.52. The molecule has 1 aromatic carbocycles. The van der Waals surface area contributed by atoms with Crippen molar-refractivity contribution in [3.63, 3.8) is 0 Å². The number of rotatable bonds is 8. The smallest absolute Gasteiger partial charge is 0.234 e. The Hall–Kier alpha value is -1.21. The number of aliphatic hydroxyl groups is 1. The Morgan fingerprint density at radius 2 is 2.05 bits per heavy atom. The molecule has 20 heavy (non-hydrogen) atoms. The van der Waals surface area contributed by atoms with Gasteiger partial charge in [0.25, 0.3) is 0 Å². The lowest BCUT2D eigenvalue weighted by Gasteiger charge is -2.12. The van der Waals surface area contributed by atoms with Gasteiger partial charge in [0.05, 0.1) is 19.3 Å². The van der Waals surface area contributed by atoms with Gasteiger partial charge >= 0.3 is 0 Å². The van der Waals surface area contributed by atoms with E-state index >= 15 is 0 Å². The summed E-state index contributed by atoms with van der Waals surface area (Å²) in [4.78, 5) is 11.4. The number of carbonyl (C=O) groups is 1. The van der Waals surface area contributed by atoms with Gasteiger partial charge in [-0.25, -0.2) is 4.39 Å². The number of nitrogens with one attached hydrogen (secondary N) is 2. The number of aliphatic hydroxyl groups excluding tert-OH is 1. The van der Waals surface area contributed by atoms with E-state index in [-0.39, 0.29) is 37.2 Å². The van der Waals surface area contributed by atoms with Crippen LogP contribution in [-0.4, -0.2) is 44.4 Å². The average molecular weight is 307 g/mol. The third kappa shape index (κ3) is 7.40. The minimum atomic E-state index is -0.844. The van der Waals surface area contributed by atoms with Crippen molar-refractivity contribution in [3.05, 3.63) is 35.6 Å². The third-order valence-electron chi connectivity index (χ3n) is 2.52. The maximum atomic E-state index is 12.7. The molecule has 0 heterocycles. The quantitative estimate of drug-likeness (QED) is 0.616. The monoisotopic (exact) mass is 306 g/mol. The lowest BCUT2D eigenvalue weighted by molar-refractivity contribution is -0.120. The third-order valence-corrected chi connectivity index (χ3v) is 2.52. The predicted molar refractivity (Wildman–Crippen MR) is 76.4 cm³/mol. The predicted octanol–water partition coefficient (Wildman–Crippen LogP) is 0.633. The van der Waals surface area contributed by atoms with Crippen LogP contribution in [0.4, 0.5) is 4.39 Å². The van der Waals surface area contributed by atoms with Gasteiger partial charge in [0, 0.05) is 20.2 Å². The Morgan fingerprint density at radius 3 is 2.65 bits per heavy atom. The second-order valence-corrected chi connectivity index (χ2v) is 4.04. The molecular formula is C13H20ClFN2O3. The molecule has 1 atom stereocenters. The molecule has 0 aliphatic heterocycles. The molecule has 1 unspecified atom stereocenters. The molecular weight excluding hydrogens is 287 g/mol. The second kappa shape index (κ2) is 10.6. The first kappa shape index (κ1) is 18.8. The molecule has 0 saturated heterocycles. The van der Waals surface area contributed by atoms with Gasteiger partial charge < -0.3 is 20.5 Å². The van der Waals surface area contributed by atoms with Crippen LogP contribution < -0.4 is 10.6 Å². The van der Waals surface area contributed by atoms with E-state index in [1.54, 1.807) is 7.11 Å². The van der Waals surface area contributed by atoms with Crippen molar-refractivity contribution >= 4 is 18.3 Å². The Kier molecular flexibility index (Phi) is 9.92. The van der Waals surface area contributed by atoms with Crippen LogP contribution in [0.2, 0.25) is 0 Å². The minimum Gasteiger partial charge on any atom is -0.387 e. The summed E-state index contributed by atoms with van der Waals surface area (Å²) < 4.78 is 17.5. The molecule has 3 N–H and O–H groups in total. The van der Waals surface area contributed by atoms with Crippen molar-refractivity contribution in [3.8, 4) is 0 Å². The Balaban J connectivity index is 0.00000361. The molecule has 1 amide bonds. The number of hydrogen-bond acceptors (Lipinski definition) is 4. The molecule has 0 saturated carbocycles. The molecule has 0 aliphatic carbocycles. The normalized spacial score (nSPS) is 11.6. The maximum Gasteiger partial charge on any atom is 0.234 e. The Bertz CT molecular complexity index is 390. The van der Waals surface area contributed by atoms with E-state index in [0.717, 1.165) is 0 Å². The zero-order chi connectivity index (χ0) is 14.1. The van der Waals surface area contributed by atoms with Crippen molar-refractivity contribution < 1.29 is 19.0 Å². The number of benzene rings is 1. The van der Waals surface area contributed by atoms with E-state index in [1.807, 2.05) is 0 Å². The first-order chi connectivity index (χ1) is 9.13. The summed E-state index contributed by atoms with van der Waals surface area (Å²) >= 11 is 0. The molecule has 0 aliphatic rings. The van der Waals surface area contributed by atoms with Crippen LogP contribution in [0.3, 0.4) is 0 Å². The van der Waals surface area contributed by atoms with Gasteiger partial charge in [-0.3, -0.25) is 4.79 Å². The van der Waals surface area contributed by atoms with Crippen LogP contribution in [0.15, 0.2) is 24.3 Å². The molecule has 0 fully saturated rings. The molecule has 5 nitrogen and oxygen atoms in total. The van der Waals surface area contributed by atoms with Gasteiger partial charge in [-0.15, -0.1) is 12.4 Å². The van der Waals surface area contributed by atoms with Crippen LogP contribution in [0, 0.1) is 5.82 Å². The topological polar surface area (TPSA) is 70.6 Å². The summed E-state index contributed by atoms with van der Waals surface area (Å²) in [6.07, 6.45) is -0.844. The van der Waals surface area contributed by atoms with E-state index in [4.69, 9.17) is 4.74 Å². The molecule has 114 valence electrons. The average Bonchev–Trinajstić information content (AvgIpc) is 2.42. The van der Waals surface area contributed by atoms with Crippen molar-refractivity contribution in [1.82, 2.24) is 10.6 Å². The van der Waals surface area contributed by atoms with Crippen LogP contribution in [-0.2, 0) is 9.53 Å². The highest BCUT2D eigenvalue weighted by atomic mass is 35.5. The van der Waals surface area contributed by atoms with Gasteiger partial charge in [0.15, 0.2) is 0 Å². The SMILES string of the molecule is COCCNCC(=O)NCC(O)c1ccc(F)cc1.Cl. The highest BCUT2D eigenvalue weighted by molar-refractivity contribution is 5.85. The minimum absolute atomic E-state index is 0. The van der Waals surface area contributed by atoms with Gasteiger partial charge in [0.1, 0.15) is 5.82 Å². The van der Waals surface area contributed by atoms with E-state index in [1.165, 1.54) is 24.3 Å². The number of amides is 1. The van der Waals surface area contributed by atoms with Crippen molar-refractivity contribution in [2.75, 3.05) is 33.4 Å². The summed E-state index contributed by atoms with van der Waals surface area (Å²) in [7, 11) is 1.58. The number of carbonyl (C=O) groups excluding carboxylic acids is 1. The number of hydrogen-bond donors (Lipinski definition) is 3. The Morgan fingerprint density at radius 1 is 1.40 bits per heavy atom. The molecule has 0 bridgehead atoms. The van der Waals surface area contributed by atoms with Gasteiger partial charge in [-0.1, -0.05) is 12.1 Å². The maximum absolute atomic E-state index is 12.7. The summed E-state index contributed by atoms with van der Waals surface area (Å²) in [5, 5.41) is 15.3. The van der Waals surface area contributed by atoms with Crippen molar-refractivity contribution in [1.29, 1.82) is 0 Å². The Labute approximate surface area is 123 Å². The fraction of sp³-hybridized carbons (Fsp3) is 0.462. The molecule has 1 rings (SSSR count). The fourth-order valence-corrected chi connectivity index (χ4v) is 1.45.